The van der Waals surface area contributed by atoms with E-state index in [2.05, 4.69) is 0 Å². The van der Waals surface area contributed by atoms with Crippen LogP contribution in [0.25, 0.3) is 0 Å². The fraction of sp³-hybridized carbons (Fsp3) is 0.571. The molecule has 4 heteroatoms. The van der Waals surface area contributed by atoms with E-state index < -0.39 is 5.60 Å². The molecule has 1 aromatic carbocycles. The van der Waals surface area contributed by atoms with Crippen LogP contribution >= 0.6 is 0 Å². The first-order valence-electron chi connectivity index (χ1n) is 6.38. The topological polar surface area (TPSA) is 47.9 Å². The number of rotatable bonds is 2. The molecule has 2 aliphatic rings. The third-order valence-corrected chi connectivity index (χ3v) is 3.85. The molecule has 0 aliphatic carbocycles. The Bertz CT molecular complexity index is 435. The van der Waals surface area contributed by atoms with Crippen molar-refractivity contribution in [1.29, 1.82) is 0 Å². The molecule has 0 spiro atoms. The second-order valence-electron chi connectivity index (χ2n) is 5.07. The lowest BCUT2D eigenvalue weighted by Gasteiger charge is -2.30. The van der Waals surface area contributed by atoms with E-state index in [4.69, 9.17) is 14.2 Å². The van der Waals surface area contributed by atoms with Gasteiger partial charge in [-0.1, -0.05) is 6.07 Å². The van der Waals surface area contributed by atoms with Crippen LogP contribution in [0.4, 0.5) is 0 Å². The van der Waals surface area contributed by atoms with Gasteiger partial charge in [0.05, 0.1) is 12.2 Å². The van der Waals surface area contributed by atoms with Crippen molar-refractivity contribution >= 4 is 0 Å². The predicted molar refractivity (Wildman–Crippen MR) is 65.9 cm³/mol. The maximum absolute atomic E-state index is 10.7. The fourth-order valence-corrected chi connectivity index (χ4v) is 2.57. The average molecular weight is 250 g/mol. The fourth-order valence-electron chi connectivity index (χ4n) is 2.57. The minimum absolute atomic E-state index is 0.139. The standard InChI is InChI=1S/C14H18O4/c1-14(15,11-4-5-16-9-11)10-2-3-12-13(8-10)18-7-6-17-12/h2-3,8,11,15H,4-7,9H2,1H3. The van der Waals surface area contributed by atoms with E-state index in [-0.39, 0.29) is 5.92 Å². The molecule has 2 atom stereocenters. The van der Waals surface area contributed by atoms with Crippen LogP contribution in [0, 0.1) is 5.92 Å². The smallest absolute Gasteiger partial charge is 0.161 e. The van der Waals surface area contributed by atoms with Crippen LogP contribution in [0.15, 0.2) is 18.2 Å². The first-order valence-corrected chi connectivity index (χ1v) is 6.38. The molecule has 2 heterocycles. The molecule has 18 heavy (non-hydrogen) atoms. The molecule has 2 aliphatic heterocycles. The summed E-state index contributed by atoms with van der Waals surface area (Å²) in [6.45, 7) is 4.33. The first kappa shape index (κ1) is 11.8. The Morgan fingerprint density at radius 1 is 1.17 bits per heavy atom. The Balaban J connectivity index is 1.91. The van der Waals surface area contributed by atoms with Crippen LogP contribution in [-0.2, 0) is 10.3 Å². The zero-order valence-electron chi connectivity index (χ0n) is 10.5. The number of aliphatic hydroxyl groups is 1. The Hall–Kier alpha value is -1.26. The maximum Gasteiger partial charge on any atom is 0.161 e. The van der Waals surface area contributed by atoms with Crippen molar-refractivity contribution in [3.05, 3.63) is 23.8 Å². The van der Waals surface area contributed by atoms with Gasteiger partial charge in [0.1, 0.15) is 13.2 Å². The Morgan fingerprint density at radius 2 is 1.94 bits per heavy atom. The van der Waals surface area contributed by atoms with Gasteiger partial charge in [-0.3, -0.25) is 0 Å². The van der Waals surface area contributed by atoms with Crippen molar-refractivity contribution in [3.63, 3.8) is 0 Å². The van der Waals surface area contributed by atoms with E-state index in [1.54, 1.807) is 0 Å². The summed E-state index contributed by atoms with van der Waals surface area (Å²) in [6.07, 6.45) is 0.890. The average Bonchev–Trinajstić information content (AvgIpc) is 2.92. The van der Waals surface area contributed by atoms with E-state index in [0.717, 1.165) is 30.1 Å². The number of fused-ring (bicyclic) bond motifs is 1. The lowest BCUT2D eigenvalue weighted by molar-refractivity contribution is -0.0101. The molecule has 0 amide bonds. The molecule has 0 radical (unpaired) electrons. The largest absolute Gasteiger partial charge is 0.486 e. The zero-order chi connectivity index (χ0) is 12.6. The van der Waals surface area contributed by atoms with Crippen LogP contribution in [0.2, 0.25) is 0 Å². The van der Waals surface area contributed by atoms with Crippen molar-refractivity contribution in [2.45, 2.75) is 18.9 Å². The summed E-state index contributed by atoms with van der Waals surface area (Å²) in [6, 6.07) is 5.66. The molecule has 1 saturated heterocycles. The highest BCUT2D eigenvalue weighted by atomic mass is 16.6. The predicted octanol–water partition coefficient (Wildman–Crippen LogP) is 1.70. The van der Waals surface area contributed by atoms with Crippen LogP contribution < -0.4 is 9.47 Å². The number of benzene rings is 1. The number of hydrogen-bond acceptors (Lipinski definition) is 4. The molecule has 0 aromatic heterocycles. The maximum atomic E-state index is 10.7. The van der Waals surface area contributed by atoms with Gasteiger partial charge in [0, 0.05) is 12.5 Å². The van der Waals surface area contributed by atoms with Gasteiger partial charge in [-0.25, -0.2) is 0 Å². The molecule has 3 rings (SSSR count). The Labute approximate surface area is 106 Å². The van der Waals surface area contributed by atoms with Crippen molar-refractivity contribution in [2.75, 3.05) is 26.4 Å². The lowest BCUT2D eigenvalue weighted by Crippen LogP contribution is -2.32. The molecule has 4 nitrogen and oxygen atoms in total. The van der Waals surface area contributed by atoms with Gasteiger partial charge >= 0.3 is 0 Å². The van der Waals surface area contributed by atoms with Gasteiger partial charge in [-0.2, -0.15) is 0 Å². The number of hydrogen-bond donors (Lipinski definition) is 1. The van der Waals surface area contributed by atoms with Crippen molar-refractivity contribution in [1.82, 2.24) is 0 Å². The summed E-state index contributed by atoms with van der Waals surface area (Å²) < 4.78 is 16.4. The molecule has 1 fully saturated rings. The Morgan fingerprint density at radius 3 is 2.67 bits per heavy atom. The second kappa shape index (κ2) is 4.44. The second-order valence-corrected chi connectivity index (χ2v) is 5.07. The van der Waals surface area contributed by atoms with E-state index in [0.29, 0.717) is 19.8 Å². The molecule has 1 N–H and O–H groups in total. The number of ether oxygens (including phenoxy) is 3. The zero-order valence-corrected chi connectivity index (χ0v) is 10.5. The highest BCUT2D eigenvalue weighted by molar-refractivity contribution is 5.45. The summed E-state index contributed by atoms with van der Waals surface area (Å²) in [5.41, 5.74) is -0.0194. The van der Waals surface area contributed by atoms with Gasteiger partial charge in [-0.05, 0) is 31.0 Å². The Kier molecular flexibility index (Phi) is 2.92. The summed E-state index contributed by atoms with van der Waals surface area (Å²) in [7, 11) is 0. The van der Waals surface area contributed by atoms with Crippen LogP contribution in [0.3, 0.4) is 0 Å². The summed E-state index contributed by atoms with van der Waals surface area (Å²) >= 11 is 0. The van der Waals surface area contributed by atoms with Crippen molar-refractivity contribution in [3.8, 4) is 11.5 Å². The lowest BCUT2D eigenvalue weighted by atomic mass is 9.82. The minimum Gasteiger partial charge on any atom is -0.486 e. The monoisotopic (exact) mass is 250 g/mol. The SMILES string of the molecule is CC(O)(c1ccc2c(c1)OCCO2)C1CCOC1. The first-order chi connectivity index (χ1) is 8.68. The highest BCUT2D eigenvalue weighted by Gasteiger charge is 2.37. The molecule has 2 unspecified atom stereocenters. The quantitative estimate of drug-likeness (QED) is 0.868. The summed E-state index contributed by atoms with van der Waals surface area (Å²) in [5, 5.41) is 10.7. The molecule has 0 saturated carbocycles. The van der Waals surface area contributed by atoms with Gasteiger partial charge in [0.2, 0.25) is 0 Å². The molecular weight excluding hydrogens is 232 g/mol. The van der Waals surface area contributed by atoms with Crippen LogP contribution in [-0.4, -0.2) is 31.5 Å². The molecular formula is C14H18O4. The van der Waals surface area contributed by atoms with Crippen molar-refractivity contribution in [2.24, 2.45) is 5.92 Å². The van der Waals surface area contributed by atoms with E-state index in [1.165, 1.54) is 0 Å². The van der Waals surface area contributed by atoms with E-state index in [9.17, 15) is 5.11 Å². The van der Waals surface area contributed by atoms with E-state index >= 15 is 0 Å². The van der Waals surface area contributed by atoms with Crippen LogP contribution in [0.5, 0.6) is 11.5 Å². The van der Waals surface area contributed by atoms with E-state index in [1.807, 2.05) is 25.1 Å². The summed E-state index contributed by atoms with van der Waals surface area (Å²) in [5.74, 6) is 1.61. The minimum atomic E-state index is -0.883. The normalized spacial score (nSPS) is 25.8. The molecule has 98 valence electrons. The van der Waals surface area contributed by atoms with Crippen LogP contribution in [0.1, 0.15) is 18.9 Å². The van der Waals surface area contributed by atoms with Gasteiger partial charge in [0.15, 0.2) is 11.5 Å². The van der Waals surface area contributed by atoms with Gasteiger partial charge in [-0.15, -0.1) is 0 Å². The highest BCUT2D eigenvalue weighted by Crippen LogP contribution is 2.39. The third kappa shape index (κ3) is 1.95. The van der Waals surface area contributed by atoms with Gasteiger partial charge < -0.3 is 19.3 Å². The van der Waals surface area contributed by atoms with Gasteiger partial charge in [0.25, 0.3) is 0 Å². The molecule has 1 aromatic rings. The molecule has 0 bridgehead atoms. The third-order valence-electron chi connectivity index (χ3n) is 3.85. The van der Waals surface area contributed by atoms with Crippen molar-refractivity contribution < 1.29 is 19.3 Å². The summed E-state index contributed by atoms with van der Waals surface area (Å²) in [4.78, 5) is 0.